The van der Waals surface area contributed by atoms with Gasteiger partial charge in [0.05, 0.1) is 27.0 Å². The zero-order valence-corrected chi connectivity index (χ0v) is 21.2. The molecule has 4 atom stereocenters. The van der Waals surface area contributed by atoms with Crippen LogP contribution in [0.15, 0.2) is 72.8 Å². The number of anilines is 1. The first-order chi connectivity index (χ1) is 18.4. The first-order valence-corrected chi connectivity index (χ1v) is 12.2. The van der Waals surface area contributed by atoms with Crippen LogP contribution in [-0.4, -0.2) is 44.7 Å². The summed E-state index contributed by atoms with van der Waals surface area (Å²) in [6, 6.07) is 20.2. The number of carbonyl (C=O) groups is 3. The Kier molecular flexibility index (Phi) is 6.54. The lowest BCUT2D eigenvalue weighted by atomic mass is 9.76. The summed E-state index contributed by atoms with van der Waals surface area (Å²) in [7, 11) is 4.46. The molecule has 3 aromatic carbocycles. The van der Waals surface area contributed by atoms with E-state index in [0.29, 0.717) is 22.8 Å². The van der Waals surface area contributed by atoms with Crippen LogP contribution >= 0.6 is 0 Å². The minimum absolute atomic E-state index is 0.0000851. The number of para-hydroxylation sites is 2. The second-order valence-corrected chi connectivity index (χ2v) is 9.48. The number of amides is 2. The number of benzene rings is 3. The Hall–Kier alpha value is -4.37. The van der Waals surface area contributed by atoms with Gasteiger partial charge in [-0.05, 0) is 35.9 Å². The zero-order valence-electron chi connectivity index (χ0n) is 21.2. The van der Waals surface area contributed by atoms with Gasteiger partial charge in [-0.3, -0.25) is 9.59 Å². The Balaban J connectivity index is 1.68. The third kappa shape index (κ3) is 3.86. The monoisotopic (exact) mass is 516 g/mol. The van der Waals surface area contributed by atoms with Gasteiger partial charge in [0, 0.05) is 12.0 Å². The van der Waals surface area contributed by atoms with E-state index in [4.69, 9.17) is 14.2 Å². The molecule has 2 fully saturated rings. The summed E-state index contributed by atoms with van der Waals surface area (Å²) in [6.07, 6.45) is -0.0000851. The Morgan fingerprint density at radius 3 is 2.18 bits per heavy atom. The van der Waals surface area contributed by atoms with E-state index in [1.807, 2.05) is 6.07 Å². The van der Waals surface area contributed by atoms with Gasteiger partial charge in [0.15, 0.2) is 17.0 Å². The number of quaternary nitrogens is 1. The predicted molar refractivity (Wildman–Crippen MR) is 135 cm³/mol. The van der Waals surface area contributed by atoms with Crippen molar-refractivity contribution in [3.63, 3.8) is 0 Å². The number of hydrogen-bond donors (Lipinski definition) is 1. The maximum Gasteiger partial charge on any atom is 0.244 e. The van der Waals surface area contributed by atoms with Gasteiger partial charge in [0.2, 0.25) is 11.8 Å². The van der Waals surface area contributed by atoms with Gasteiger partial charge < -0.3 is 29.4 Å². The fourth-order valence-electron chi connectivity index (χ4n) is 5.91. The number of rotatable bonds is 8. The molecule has 196 valence electrons. The first-order valence-electron chi connectivity index (χ1n) is 12.2. The number of hydrogen-bond acceptors (Lipinski definition) is 7. The maximum absolute atomic E-state index is 14.1. The van der Waals surface area contributed by atoms with E-state index >= 15 is 0 Å². The number of carbonyl (C=O) groups excluding carboxylic acids is 3. The highest BCUT2D eigenvalue weighted by atomic mass is 16.5. The predicted octanol–water partition coefficient (Wildman–Crippen LogP) is 0.868. The second-order valence-electron chi connectivity index (χ2n) is 9.48. The number of imide groups is 1. The SMILES string of the molecule is COc1ccc(C2[NH2+][C@@](Cc3ccccc3)(C(=O)[O-])C3C(=O)N(c4ccccc4OC)C(=O)C23)cc1OC. The molecule has 2 heterocycles. The van der Waals surface area contributed by atoms with E-state index in [9.17, 15) is 19.5 Å². The molecule has 0 radical (unpaired) electrons. The lowest BCUT2D eigenvalue weighted by Crippen LogP contribution is -3.00. The lowest BCUT2D eigenvalue weighted by molar-refractivity contribution is -0.738. The summed E-state index contributed by atoms with van der Waals surface area (Å²) >= 11 is 0. The van der Waals surface area contributed by atoms with Gasteiger partial charge in [-0.2, -0.15) is 0 Å². The molecule has 3 aromatic rings. The highest BCUT2D eigenvalue weighted by Gasteiger charge is 2.70. The number of carboxylic acids is 1. The number of aliphatic carboxylic acids is 1. The number of fused-ring (bicyclic) bond motifs is 1. The molecule has 2 N–H and O–H groups in total. The lowest BCUT2D eigenvalue weighted by Gasteiger charge is -2.33. The van der Waals surface area contributed by atoms with Crippen molar-refractivity contribution in [3.05, 3.63) is 83.9 Å². The van der Waals surface area contributed by atoms with Crippen LogP contribution in [0, 0.1) is 11.8 Å². The van der Waals surface area contributed by atoms with E-state index in [-0.39, 0.29) is 12.1 Å². The van der Waals surface area contributed by atoms with Gasteiger partial charge in [-0.25, -0.2) is 4.90 Å². The van der Waals surface area contributed by atoms with Gasteiger partial charge in [-0.15, -0.1) is 0 Å². The van der Waals surface area contributed by atoms with Crippen molar-refractivity contribution < 1.29 is 39.0 Å². The van der Waals surface area contributed by atoms with Crippen molar-refractivity contribution in [2.45, 2.75) is 18.0 Å². The average Bonchev–Trinajstić information content (AvgIpc) is 3.42. The van der Waals surface area contributed by atoms with Crippen molar-refractivity contribution in [3.8, 4) is 17.2 Å². The molecule has 0 spiro atoms. The molecule has 2 amide bonds. The maximum atomic E-state index is 14.1. The summed E-state index contributed by atoms with van der Waals surface area (Å²) in [5.41, 5.74) is -0.0992. The first kappa shape index (κ1) is 25.3. The smallest absolute Gasteiger partial charge is 0.244 e. The summed E-state index contributed by atoms with van der Waals surface area (Å²) < 4.78 is 16.2. The van der Waals surface area contributed by atoms with E-state index in [0.717, 1.165) is 10.5 Å². The van der Waals surface area contributed by atoms with Gasteiger partial charge in [0.25, 0.3) is 0 Å². The Morgan fingerprint density at radius 1 is 0.868 bits per heavy atom. The summed E-state index contributed by atoms with van der Waals surface area (Å²) in [4.78, 5) is 42.2. The molecule has 0 aliphatic carbocycles. The van der Waals surface area contributed by atoms with E-state index in [2.05, 4.69) is 0 Å². The van der Waals surface area contributed by atoms with Gasteiger partial charge in [0.1, 0.15) is 29.6 Å². The molecule has 9 heteroatoms. The van der Waals surface area contributed by atoms with Crippen molar-refractivity contribution in [1.82, 2.24) is 0 Å². The van der Waals surface area contributed by atoms with Gasteiger partial charge in [-0.1, -0.05) is 42.5 Å². The Bertz CT molecular complexity index is 1390. The zero-order chi connectivity index (χ0) is 27.0. The topological polar surface area (TPSA) is 122 Å². The summed E-state index contributed by atoms with van der Waals surface area (Å²) in [5, 5.41) is 14.6. The van der Waals surface area contributed by atoms with Crippen LogP contribution in [0.2, 0.25) is 0 Å². The molecular formula is C29H28N2O7. The van der Waals surface area contributed by atoms with E-state index in [1.165, 1.54) is 21.3 Å². The molecule has 0 aromatic heterocycles. The van der Waals surface area contributed by atoms with Crippen LogP contribution in [-0.2, 0) is 20.8 Å². The van der Waals surface area contributed by atoms with Crippen LogP contribution in [0.3, 0.4) is 0 Å². The molecule has 2 aliphatic rings. The minimum atomic E-state index is -1.73. The van der Waals surface area contributed by atoms with Gasteiger partial charge >= 0.3 is 0 Å². The number of carboxylic acid groups (broad SMARTS) is 1. The number of nitrogens with zero attached hydrogens (tertiary/aromatic N) is 1. The van der Waals surface area contributed by atoms with Crippen molar-refractivity contribution >= 4 is 23.5 Å². The molecular weight excluding hydrogens is 488 g/mol. The standard InChI is InChI=1S/C29H28N2O7/c1-36-20-12-8-7-11-19(20)31-26(32)23-24(27(31)33)29(28(34)35,16-17-9-5-4-6-10-17)30-25(23)18-13-14-21(37-2)22(15-18)38-3/h4-15,23-25,30H,16H2,1-3H3,(H,34,35)/t23?,24?,25?,29-/m1/s1. The van der Waals surface area contributed by atoms with Crippen LogP contribution in [0.25, 0.3) is 0 Å². The third-order valence-corrected chi connectivity index (χ3v) is 7.61. The highest BCUT2D eigenvalue weighted by molar-refractivity contribution is 6.24. The molecule has 9 nitrogen and oxygen atoms in total. The third-order valence-electron chi connectivity index (χ3n) is 7.61. The van der Waals surface area contributed by atoms with E-state index in [1.54, 1.807) is 72.0 Å². The quantitative estimate of drug-likeness (QED) is 0.441. The summed E-state index contributed by atoms with van der Waals surface area (Å²) in [5.74, 6) is -3.37. The molecule has 38 heavy (non-hydrogen) atoms. The summed E-state index contributed by atoms with van der Waals surface area (Å²) in [6.45, 7) is 0. The fraction of sp³-hybridized carbons (Fsp3) is 0.276. The minimum Gasteiger partial charge on any atom is -0.544 e. The molecule has 2 aliphatic heterocycles. The molecule has 2 saturated heterocycles. The number of methoxy groups -OCH3 is 3. The van der Waals surface area contributed by atoms with Crippen LogP contribution in [0.1, 0.15) is 17.2 Å². The second kappa shape index (κ2) is 9.83. The molecule has 0 saturated carbocycles. The Labute approximate surface area is 219 Å². The number of nitrogens with two attached hydrogens (primary N) is 1. The fourth-order valence-corrected chi connectivity index (χ4v) is 5.91. The van der Waals surface area contributed by atoms with Crippen molar-refractivity contribution in [1.29, 1.82) is 0 Å². The average molecular weight is 517 g/mol. The van der Waals surface area contributed by atoms with Crippen LogP contribution < -0.4 is 29.5 Å². The van der Waals surface area contributed by atoms with Crippen LogP contribution in [0.4, 0.5) is 5.69 Å². The van der Waals surface area contributed by atoms with Crippen LogP contribution in [0.5, 0.6) is 17.2 Å². The number of ether oxygens (including phenoxy) is 3. The largest absolute Gasteiger partial charge is 0.544 e. The normalized spacial score (nSPS) is 24.3. The van der Waals surface area contributed by atoms with E-state index < -0.39 is 41.2 Å². The van der Waals surface area contributed by atoms with Crippen molar-refractivity contribution in [2.75, 3.05) is 26.2 Å². The molecule has 3 unspecified atom stereocenters. The molecule has 5 rings (SSSR count). The molecule has 0 bridgehead atoms. The highest BCUT2D eigenvalue weighted by Crippen LogP contribution is 2.48. The Morgan fingerprint density at radius 2 is 1.53 bits per heavy atom. The van der Waals surface area contributed by atoms with Crippen molar-refractivity contribution in [2.24, 2.45) is 11.8 Å².